The molecule has 8 unspecified atom stereocenters. The molecule has 11 N–H and O–H groups in total. The molecule has 0 spiro atoms. The predicted molar refractivity (Wildman–Crippen MR) is 197 cm³/mol. The van der Waals surface area contributed by atoms with Crippen molar-refractivity contribution in [3.8, 4) is 0 Å². The van der Waals surface area contributed by atoms with E-state index in [1.807, 2.05) is 0 Å². The van der Waals surface area contributed by atoms with Crippen molar-refractivity contribution in [2.24, 2.45) is 5.41 Å². The molecule has 0 radical (unpaired) electrons. The Bertz CT molecular complexity index is 1940. The normalized spacial score (nSPS) is 21.6. The molecule has 27 nitrogen and oxygen atoms in total. The maximum absolute atomic E-state index is 12.7. The number of aliphatic hydroxyl groups is 3. The van der Waals surface area contributed by atoms with Crippen molar-refractivity contribution in [1.29, 1.82) is 0 Å². The van der Waals surface area contributed by atoms with Crippen molar-refractivity contribution in [2.45, 2.75) is 82.7 Å². The number of carbonyl (C=O) groups is 4. The highest BCUT2D eigenvalue weighted by Gasteiger charge is 2.50. The summed E-state index contributed by atoms with van der Waals surface area (Å²) in [7, 11) is -16.5. The summed E-state index contributed by atoms with van der Waals surface area (Å²) >= 11 is 0.850. The number of amides is 2. The lowest BCUT2D eigenvalue weighted by Crippen LogP contribution is -2.46. The number of fused-ring (bicyclic) bond motifs is 1. The molecule has 8 atom stereocenters. The third-order valence-corrected chi connectivity index (χ3v) is 12.1. The number of carboxylic acid groups (broad SMARTS) is 1. The van der Waals surface area contributed by atoms with E-state index in [1.54, 1.807) is 0 Å². The average molecular weight is 925 g/mol. The van der Waals surface area contributed by atoms with Crippen LogP contribution in [0.5, 0.6) is 0 Å². The lowest BCUT2D eigenvalue weighted by molar-refractivity contribution is -0.305. The molecule has 2 aromatic heterocycles. The van der Waals surface area contributed by atoms with Gasteiger partial charge in [0.15, 0.2) is 22.8 Å². The van der Waals surface area contributed by atoms with Gasteiger partial charge in [-0.3, -0.25) is 32.5 Å². The molecule has 0 bridgehead atoms. The summed E-state index contributed by atoms with van der Waals surface area (Å²) in [5.74, 6) is -2.71. The van der Waals surface area contributed by atoms with Crippen molar-refractivity contribution >= 4 is 75.1 Å². The van der Waals surface area contributed by atoms with Crippen molar-refractivity contribution in [1.82, 2.24) is 30.2 Å². The van der Waals surface area contributed by atoms with Crippen LogP contribution in [0.4, 0.5) is 5.82 Å². The van der Waals surface area contributed by atoms with Crippen LogP contribution in [0.2, 0.25) is 0 Å². The number of phosphoric ester groups is 3. The second-order valence-corrected chi connectivity index (χ2v) is 18.8. The van der Waals surface area contributed by atoms with Gasteiger partial charge in [-0.2, -0.15) is 4.31 Å². The van der Waals surface area contributed by atoms with Crippen LogP contribution in [-0.2, 0) is 55.5 Å². The lowest BCUT2D eigenvalue weighted by atomic mass is 9.87. The smallest absolute Gasteiger partial charge is 0.481 e. The number of hydrogen-bond acceptors (Lipinski definition) is 21. The Kier molecular flexibility index (Phi) is 18.5. The van der Waals surface area contributed by atoms with Gasteiger partial charge in [0.25, 0.3) is 0 Å². The minimum absolute atomic E-state index is 0.0159. The molecule has 1 saturated heterocycles. The van der Waals surface area contributed by atoms with E-state index < -0.39 is 96.6 Å². The minimum atomic E-state index is -5.60. The van der Waals surface area contributed by atoms with Gasteiger partial charge in [-0.05, 0) is 19.3 Å². The molecular formula is C28H45N7O20P3S-. The topological polar surface area (TPSA) is 424 Å². The Morgan fingerprint density at radius 1 is 1.03 bits per heavy atom. The number of nitrogens with two attached hydrogens (primary N) is 1. The second kappa shape index (κ2) is 21.7. The zero-order valence-corrected chi connectivity index (χ0v) is 34.7. The Morgan fingerprint density at radius 2 is 1.71 bits per heavy atom. The number of phosphoric acid groups is 3. The number of nitrogen functional groups attached to an aromatic ring is 1. The molecule has 2 aromatic rings. The maximum atomic E-state index is 12.7. The highest BCUT2D eigenvalue weighted by molar-refractivity contribution is 8.13. The molecule has 3 rings (SSSR count). The molecular weight excluding hydrogens is 879 g/mol. The summed E-state index contributed by atoms with van der Waals surface area (Å²) in [5, 5.41) is 46.1. The first-order valence-electron chi connectivity index (χ1n) is 17.2. The van der Waals surface area contributed by atoms with Crippen molar-refractivity contribution in [2.75, 3.05) is 37.8 Å². The third-order valence-electron chi connectivity index (χ3n) is 8.09. The van der Waals surface area contributed by atoms with Crippen LogP contribution < -0.4 is 21.5 Å². The van der Waals surface area contributed by atoms with E-state index in [0.717, 1.165) is 29.0 Å². The van der Waals surface area contributed by atoms with Crippen LogP contribution >= 0.6 is 35.2 Å². The van der Waals surface area contributed by atoms with Gasteiger partial charge in [0.2, 0.25) is 11.8 Å². The van der Waals surface area contributed by atoms with Gasteiger partial charge in [0.05, 0.1) is 25.6 Å². The largest absolute Gasteiger partial charge is 0.550 e. The fourth-order valence-corrected chi connectivity index (χ4v) is 8.70. The molecule has 31 heteroatoms. The first-order chi connectivity index (χ1) is 27.3. The number of thioether (sulfide) groups is 1. The molecule has 334 valence electrons. The van der Waals surface area contributed by atoms with E-state index in [-0.39, 0.29) is 73.0 Å². The van der Waals surface area contributed by atoms with Gasteiger partial charge in [-0.15, -0.1) is 0 Å². The van der Waals surface area contributed by atoms with Crippen LogP contribution in [0.15, 0.2) is 12.7 Å². The third kappa shape index (κ3) is 16.4. The Morgan fingerprint density at radius 3 is 2.37 bits per heavy atom. The second-order valence-electron chi connectivity index (χ2n) is 13.4. The fourth-order valence-electron chi connectivity index (χ4n) is 5.13. The average Bonchev–Trinajstić information content (AvgIpc) is 3.67. The number of aliphatic carboxylic acids is 1. The molecule has 3 heterocycles. The van der Waals surface area contributed by atoms with Crippen molar-refractivity contribution < 1.29 is 95.5 Å². The summed E-state index contributed by atoms with van der Waals surface area (Å²) in [6.45, 7) is 0.155. The highest BCUT2D eigenvalue weighted by Crippen LogP contribution is 2.61. The summed E-state index contributed by atoms with van der Waals surface area (Å²) in [6, 6.07) is 0. The number of imidazole rings is 1. The number of aromatic nitrogens is 4. The Labute approximate surface area is 338 Å². The summed E-state index contributed by atoms with van der Waals surface area (Å²) in [4.78, 5) is 97.9. The molecule has 0 aliphatic carbocycles. The van der Waals surface area contributed by atoms with Gasteiger partial charge in [0.1, 0.15) is 36.3 Å². The zero-order valence-electron chi connectivity index (χ0n) is 31.2. The lowest BCUT2D eigenvalue weighted by Gasteiger charge is -2.30. The molecule has 59 heavy (non-hydrogen) atoms. The number of ether oxygens (including phenoxy) is 1. The van der Waals surface area contributed by atoms with E-state index in [2.05, 4.69) is 34.4 Å². The Hall–Kier alpha value is -3.01. The zero-order chi connectivity index (χ0) is 44.3. The van der Waals surface area contributed by atoms with Crippen LogP contribution in [0.25, 0.3) is 11.2 Å². The van der Waals surface area contributed by atoms with Crippen LogP contribution in [0.3, 0.4) is 0 Å². The standard InChI is InChI=1S/C28H46N7O20P3S/c1-28(2,23(42)26(43)31-7-6-17(37)30-8-9-59-19(40)10-15(36)4-3-5-18(38)39)12-52-58(49,50)55-57(47,48)51-11-16-22(54-56(44,45)46)21(41)27(53-16)35-14-34-20-24(29)32-13-33-25(20)35/h13-16,21-23,27,36,41-42H,3-12H2,1-2H3,(H,30,37)(H,31,43)(H,38,39)(H,47,48)(H,49,50)(H2,29,32,33)(H2,44,45,46)/p-1. The van der Waals surface area contributed by atoms with E-state index >= 15 is 0 Å². The van der Waals surface area contributed by atoms with Crippen LogP contribution in [-0.4, -0.2) is 140 Å². The monoisotopic (exact) mass is 924 g/mol. The SMILES string of the molecule is CC(C)(COP(=O)(O)OP(=O)(O)OCC1OC(n2cnc3c(N)ncnc32)C(O)C1OP(=O)(O)O)C(O)C(=O)NCCC(=O)NCCSC(=O)CC(O)CCCC(=O)[O-]. The van der Waals surface area contributed by atoms with Crippen molar-refractivity contribution in [3.63, 3.8) is 0 Å². The number of carboxylic acids is 1. The van der Waals surface area contributed by atoms with Gasteiger partial charge in [-0.1, -0.05) is 25.6 Å². The van der Waals surface area contributed by atoms with E-state index in [1.165, 1.54) is 13.8 Å². The molecule has 0 saturated carbocycles. The van der Waals surface area contributed by atoms with Gasteiger partial charge >= 0.3 is 23.5 Å². The first kappa shape index (κ1) is 50.3. The quantitative estimate of drug-likeness (QED) is 0.0359. The number of aliphatic hydroxyl groups excluding tert-OH is 3. The number of hydrogen-bond donors (Lipinski definition) is 10. The minimum Gasteiger partial charge on any atom is -0.550 e. The van der Waals surface area contributed by atoms with Crippen LogP contribution in [0.1, 0.15) is 52.2 Å². The van der Waals surface area contributed by atoms with E-state index in [0.29, 0.717) is 0 Å². The number of nitrogens with zero attached hydrogens (tertiary/aromatic N) is 4. The molecule has 2 amide bonds. The van der Waals surface area contributed by atoms with E-state index in [9.17, 15) is 72.9 Å². The summed E-state index contributed by atoms with van der Waals surface area (Å²) < 4.78 is 62.0. The Balaban J connectivity index is 1.44. The fraction of sp³-hybridized carbons (Fsp3) is 0.679. The van der Waals surface area contributed by atoms with Crippen LogP contribution in [0, 0.1) is 5.41 Å². The molecule has 1 aliphatic heterocycles. The summed E-state index contributed by atoms with van der Waals surface area (Å²) in [6.07, 6.45) is -8.33. The molecule has 0 aromatic carbocycles. The van der Waals surface area contributed by atoms with E-state index in [4.69, 9.17) is 19.5 Å². The number of rotatable bonds is 25. The van der Waals surface area contributed by atoms with Crippen molar-refractivity contribution in [3.05, 3.63) is 12.7 Å². The predicted octanol–water partition coefficient (Wildman–Crippen LogP) is -2.66. The molecule has 1 fully saturated rings. The van der Waals surface area contributed by atoms with Gasteiger partial charge in [0, 0.05) is 43.1 Å². The maximum Gasteiger partial charge on any atom is 0.481 e. The molecule has 1 aliphatic rings. The number of carbonyl (C=O) groups excluding carboxylic acids is 4. The van der Waals surface area contributed by atoms with Gasteiger partial charge in [-0.25, -0.2) is 28.6 Å². The summed E-state index contributed by atoms with van der Waals surface area (Å²) in [5.41, 5.74) is 4.18. The number of nitrogens with one attached hydrogen (secondary N) is 2. The van der Waals surface area contributed by atoms with Gasteiger partial charge < -0.3 is 65.9 Å². The number of anilines is 1. The highest BCUT2D eigenvalue weighted by atomic mass is 32.2. The first-order valence-corrected chi connectivity index (χ1v) is 22.7.